The van der Waals surface area contributed by atoms with Gasteiger partial charge in [-0.1, -0.05) is 48.5 Å². The van der Waals surface area contributed by atoms with Crippen molar-refractivity contribution in [3.63, 3.8) is 0 Å². The minimum Gasteiger partial charge on any atom is -0.396 e. The zero-order valence-corrected chi connectivity index (χ0v) is 16.4. The Morgan fingerprint density at radius 3 is 2.14 bits per heavy atom. The second kappa shape index (κ2) is 9.66. The van der Waals surface area contributed by atoms with Crippen LogP contribution in [0.1, 0.15) is 47.4 Å². The second-order valence-electron chi connectivity index (χ2n) is 8.08. The van der Waals surface area contributed by atoms with Crippen molar-refractivity contribution in [2.75, 3.05) is 26.4 Å². The van der Waals surface area contributed by atoms with Crippen LogP contribution in [-0.2, 0) is 18.3 Å². The topological polar surface area (TPSA) is 80.9 Å². The molecule has 0 bridgehead atoms. The number of hydrogen-bond acceptors (Lipinski definition) is 4. The van der Waals surface area contributed by atoms with Gasteiger partial charge in [-0.15, -0.1) is 0 Å². The second-order valence-corrected chi connectivity index (χ2v) is 8.08. The Hall–Kier alpha value is -1.72. The van der Waals surface area contributed by atoms with Crippen LogP contribution in [-0.4, -0.2) is 46.9 Å². The Morgan fingerprint density at radius 2 is 1.46 bits per heavy atom. The fourth-order valence-electron chi connectivity index (χ4n) is 4.77. The molecule has 2 aliphatic rings. The fraction of sp³-hybridized carbons (Fsp3) is 0.500. The van der Waals surface area contributed by atoms with E-state index in [0.717, 1.165) is 37.7 Å². The Labute approximate surface area is 167 Å². The molecule has 2 unspecified atom stereocenters. The third-order valence-electron chi connectivity index (χ3n) is 6.53. The summed E-state index contributed by atoms with van der Waals surface area (Å²) in [6.45, 7) is 0.406. The average molecular weight is 385 g/mol. The molecule has 0 radical (unpaired) electrons. The molecule has 4 N–H and O–H groups in total. The molecule has 28 heavy (non-hydrogen) atoms. The quantitative estimate of drug-likeness (QED) is 0.653. The van der Waals surface area contributed by atoms with Crippen molar-refractivity contribution >= 4 is 0 Å². The third-order valence-corrected chi connectivity index (χ3v) is 6.53. The summed E-state index contributed by atoms with van der Waals surface area (Å²) >= 11 is 0. The van der Waals surface area contributed by atoms with Crippen LogP contribution >= 0.6 is 0 Å². The Morgan fingerprint density at radius 1 is 0.786 bits per heavy atom. The van der Waals surface area contributed by atoms with E-state index in [0.29, 0.717) is 0 Å². The van der Waals surface area contributed by atoms with E-state index in [2.05, 4.69) is 18.2 Å². The van der Waals surface area contributed by atoms with Gasteiger partial charge in [0.25, 0.3) is 0 Å². The molecule has 0 fully saturated rings. The molecule has 0 aromatic heterocycles. The number of aliphatic hydroxyl groups excluding tert-OH is 4. The van der Waals surface area contributed by atoms with Crippen molar-refractivity contribution in [1.82, 2.24) is 0 Å². The maximum absolute atomic E-state index is 9.43. The van der Waals surface area contributed by atoms with Crippen LogP contribution in [0.2, 0.25) is 0 Å². The van der Waals surface area contributed by atoms with Gasteiger partial charge in [0.15, 0.2) is 0 Å². The molecule has 4 rings (SSSR count). The van der Waals surface area contributed by atoms with Crippen molar-refractivity contribution in [3.8, 4) is 0 Å². The van der Waals surface area contributed by atoms with E-state index in [1.54, 1.807) is 0 Å². The Kier molecular flexibility index (Phi) is 7.24. The monoisotopic (exact) mass is 384 g/mol. The lowest BCUT2D eigenvalue weighted by molar-refractivity contribution is 0.102. The molecule has 0 heterocycles. The first-order valence-corrected chi connectivity index (χ1v) is 10.3. The average Bonchev–Trinajstić information content (AvgIpc) is 2.78. The van der Waals surface area contributed by atoms with Crippen LogP contribution in [0.4, 0.5) is 0 Å². The van der Waals surface area contributed by atoms with Gasteiger partial charge >= 0.3 is 0 Å². The summed E-state index contributed by atoms with van der Waals surface area (Å²) in [7, 11) is 0. The predicted octanol–water partition coefficient (Wildman–Crippen LogP) is 2.56. The highest BCUT2D eigenvalue weighted by atomic mass is 16.3. The lowest BCUT2D eigenvalue weighted by Crippen LogP contribution is -2.38. The normalized spacial score (nSPS) is 22.4. The van der Waals surface area contributed by atoms with Crippen LogP contribution in [0.3, 0.4) is 0 Å². The standard InChI is InChI=1S/2C12H16O2/c13-8-12(9-14)7-3-5-10-4-1-2-6-11(10)12;13-7-10-6-5-9-3-1-2-4-11(9)12(10)8-14/h1-2,4,6,13-14H,3,5,7-9H2;1-4,10,12-14H,5-8H2. The number of aryl methyl sites for hydroxylation is 2. The summed E-state index contributed by atoms with van der Waals surface area (Å²) in [6, 6.07) is 16.3. The first-order chi connectivity index (χ1) is 13.7. The summed E-state index contributed by atoms with van der Waals surface area (Å²) in [4.78, 5) is 0. The lowest BCUT2D eigenvalue weighted by atomic mass is 9.71. The molecular weight excluding hydrogens is 352 g/mol. The van der Waals surface area contributed by atoms with Gasteiger partial charge in [-0.05, 0) is 60.3 Å². The van der Waals surface area contributed by atoms with Gasteiger partial charge in [0.05, 0.1) is 19.8 Å². The summed E-state index contributed by atoms with van der Waals surface area (Å²) in [6.07, 6.45) is 5.02. The van der Waals surface area contributed by atoms with Crippen molar-refractivity contribution < 1.29 is 20.4 Å². The highest BCUT2D eigenvalue weighted by molar-refractivity contribution is 5.37. The summed E-state index contributed by atoms with van der Waals surface area (Å²) in [5.41, 5.74) is 4.57. The molecule has 2 aliphatic carbocycles. The molecule has 4 nitrogen and oxygen atoms in total. The minimum absolute atomic E-state index is 0.0422. The van der Waals surface area contributed by atoms with Crippen LogP contribution in [0.15, 0.2) is 48.5 Å². The maximum atomic E-state index is 9.43. The van der Waals surface area contributed by atoms with E-state index in [1.165, 1.54) is 16.7 Å². The highest BCUT2D eigenvalue weighted by Gasteiger charge is 2.35. The van der Waals surface area contributed by atoms with E-state index in [1.807, 2.05) is 30.3 Å². The number of fused-ring (bicyclic) bond motifs is 2. The lowest BCUT2D eigenvalue weighted by Gasteiger charge is -2.36. The van der Waals surface area contributed by atoms with Gasteiger partial charge in [-0.3, -0.25) is 0 Å². The third kappa shape index (κ3) is 4.15. The van der Waals surface area contributed by atoms with Crippen LogP contribution < -0.4 is 0 Å². The van der Waals surface area contributed by atoms with Crippen LogP contribution in [0, 0.1) is 5.92 Å². The van der Waals surface area contributed by atoms with Gasteiger partial charge in [0.2, 0.25) is 0 Å². The zero-order chi connectivity index (χ0) is 20.0. The zero-order valence-electron chi connectivity index (χ0n) is 16.4. The highest BCUT2D eigenvalue weighted by Crippen LogP contribution is 2.37. The molecule has 0 spiro atoms. The first-order valence-electron chi connectivity index (χ1n) is 10.3. The fourth-order valence-corrected chi connectivity index (χ4v) is 4.77. The number of aliphatic hydroxyl groups is 4. The molecule has 0 amide bonds. The number of rotatable bonds is 4. The number of benzene rings is 2. The van der Waals surface area contributed by atoms with E-state index in [9.17, 15) is 20.4 Å². The summed E-state index contributed by atoms with van der Waals surface area (Å²) < 4.78 is 0. The summed E-state index contributed by atoms with van der Waals surface area (Å²) in [5.74, 6) is 0.361. The molecule has 152 valence electrons. The van der Waals surface area contributed by atoms with Crippen molar-refractivity contribution in [1.29, 1.82) is 0 Å². The molecule has 2 atom stereocenters. The van der Waals surface area contributed by atoms with Crippen molar-refractivity contribution in [3.05, 3.63) is 70.8 Å². The molecule has 4 heteroatoms. The van der Waals surface area contributed by atoms with Gasteiger partial charge < -0.3 is 20.4 Å². The molecule has 0 saturated carbocycles. The summed E-state index contributed by atoms with van der Waals surface area (Å²) in [5, 5.41) is 37.4. The van der Waals surface area contributed by atoms with Gasteiger partial charge in [-0.25, -0.2) is 0 Å². The molecule has 0 saturated heterocycles. The van der Waals surface area contributed by atoms with Gasteiger partial charge in [-0.2, -0.15) is 0 Å². The minimum atomic E-state index is -0.394. The van der Waals surface area contributed by atoms with E-state index in [-0.39, 0.29) is 38.3 Å². The van der Waals surface area contributed by atoms with E-state index >= 15 is 0 Å². The van der Waals surface area contributed by atoms with Gasteiger partial charge in [0.1, 0.15) is 0 Å². The van der Waals surface area contributed by atoms with Gasteiger partial charge in [0, 0.05) is 17.9 Å². The first kappa shape index (κ1) is 21.0. The van der Waals surface area contributed by atoms with Crippen molar-refractivity contribution in [2.24, 2.45) is 5.92 Å². The smallest absolute Gasteiger partial charge is 0.0550 e. The molecule has 0 aliphatic heterocycles. The SMILES string of the molecule is OCC1(CO)CCCc2ccccc21.OCC1CCc2ccccc2C1CO. The van der Waals surface area contributed by atoms with Crippen LogP contribution in [0.5, 0.6) is 0 Å². The Balaban J connectivity index is 0.000000161. The Bertz CT molecular complexity index is 754. The molecule has 2 aromatic carbocycles. The van der Waals surface area contributed by atoms with Crippen LogP contribution in [0.25, 0.3) is 0 Å². The van der Waals surface area contributed by atoms with Crippen molar-refractivity contribution in [2.45, 2.75) is 43.4 Å². The molecule has 2 aromatic rings. The maximum Gasteiger partial charge on any atom is 0.0550 e. The largest absolute Gasteiger partial charge is 0.396 e. The number of hydrogen-bond donors (Lipinski definition) is 4. The predicted molar refractivity (Wildman–Crippen MR) is 110 cm³/mol. The molecular formula is C24H32O4. The van der Waals surface area contributed by atoms with E-state index in [4.69, 9.17) is 0 Å². The van der Waals surface area contributed by atoms with E-state index < -0.39 is 5.41 Å².